The Morgan fingerprint density at radius 1 is 1.26 bits per heavy atom. The summed E-state index contributed by atoms with van der Waals surface area (Å²) in [7, 11) is 3.24. The monoisotopic (exact) mass is 256 g/mol. The first-order valence-corrected chi connectivity index (χ1v) is 6.32. The molecule has 0 saturated heterocycles. The fourth-order valence-electron chi connectivity index (χ4n) is 1.58. The van der Waals surface area contributed by atoms with Crippen LogP contribution in [0.5, 0.6) is 11.5 Å². The van der Waals surface area contributed by atoms with Crippen LogP contribution < -0.4 is 9.47 Å². The second-order valence-electron chi connectivity index (χ2n) is 3.85. The van der Waals surface area contributed by atoms with Gasteiger partial charge in [-0.2, -0.15) is 0 Å². The maximum atomic E-state index is 5.35. The van der Waals surface area contributed by atoms with Crippen molar-refractivity contribution < 1.29 is 9.47 Å². The summed E-state index contributed by atoms with van der Waals surface area (Å²) in [6.07, 6.45) is 7.11. The van der Waals surface area contributed by atoms with Crippen LogP contribution in [0.4, 0.5) is 0 Å². The molecule has 1 aromatic carbocycles. The molecule has 19 heavy (non-hydrogen) atoms. The van der Waals surface area contributed by atoms with Crippen LogP contribution in [0, 0.1) is 11.8 Å². The summed E-state index contributed by atoms with van der Waals surface area (Å²) in [6, 6.07) is 5.69. The third-order valence-corrected chi connectivity index (χ3v) is 2.59. The lowest BCUT2D eigenvalue weighted by Crippen LogP contribution is -1.93. The van der Waals surface area contributed by atoms with Crippen LogP contribution in [0.1, 0.15) is 25.8 Å². The average molecular weight is 256 g/mol. The van der Waals surface area contributed by atoms with E-state index in [1.54, 1.807) is 14.2 Å². The van der Waals surface area contributed by atoms with Crippen molar-refractivity contribution in [3.63, 3.8) is 0 Å². The standard InChI is InChI=1S/C17H20O2/c1-5-7-9-14(6-2)12-13-15-10-8-11-16(18-3)17(15)19-4/h6-11H,5H2,1-4H3/b9-7-,14-6+. The highest BCUT2D eigenvalue weighted by Crippen LogP contribution is 2.29. The van der Waals surface area contributed by atoms with Gasteiger partial charge in [-0.05, 0) is 25.5 Å². The lowest BCUT2D eigenvalue weighted by Gasteiger charge is -2.08. The van der Waals surface area contributed by atoms with E-state index in [4.69, 9.17) is 9.47 Å². The minimum atomic E-state index is 0.674. The van der Waals surface area contributed by atoms with Crippen LogP contribution in [-0.2, 0) is 0 Å². The summed E-state index contributed by atoms with van der Waals surface area (Å²) >= 11 is 0. The van der Waals surface area contributed by atoms with Crippen LogP contribution in [0.3, 0.4) is 0 Å². The van der Waals surface area contributed by atoms with Crippen molar-refractivity contribution in [3.05, 3.63) is 47.6 Å². The first-order valence-electron chi connectivity index (χ1n) is 6.32. The van der Waals surface area contributed by atoms with E-state index in [0.717, 1.165) is 17.6 Å². The van der Waals surface area contributed by atoms with E-state index in [-0.39, 0.29) is 0 Å². The maximum absolute atomic E-state index is 5.35. The maximum Gasteiger partial charge on any atom is 0.176 e. The number of para-hydroxylation sites is 1. The molecule has 0 aliphatic heterocycles. The number of hydrogen-bond donors (Lipinski definition) is 0. The summed E-state index contributed by atoms with van der Waals surface area (Å²) < 4.78 is 10.6. The molecule has 0 fully saturated rings. The third kappa shape index (κ3) is 4.22. The van der Waals surface area contributed by atoms with Crippen LogP contribution in [0.15, 0.2) is 42.0 Å². The zero-order valence-electron chi connectivity index (χ0n) is 12.0. The number of rotatable bonds is 4. The molecule has 0 radical (unpaired) electrons. The minimum Gasteiger partial charge on any atom is -0.493 e. The van der Waals surface area contributed by atoms with E-state index < -0.39 is 0 Å². The van der Waals surface area contributed by atoms with Crippen molar-refractivity contribution in [2.24, 2.45) is 0 Å². The summed E-state index contributed by atoms with van der Waals surface area (Å²) in [4.78, 5) is 0. The molecule has 0 amide bonds. The quantitative estimate of drug-likeness (QED) is 0.599. The molecule has 2 nitrogen and oxygen atoms in total. The molecule has 1 rings (SSSR count). The van der Waals surface area contributed by atoms with Crippen LogP contribution in [0.25, 0.3) is 0 Å². The molecule has 100 valence electrons. The van der Waals surface area contributed by atoms with E-state index in [1.165, 1.54) is 0 Å². The van der Waals surface area contributed by atoms with E-state index in [1.807, 2.05) is 37.3 Å². The van der Waals surface area contributed by atoms with Crippen LogP contribution in [-0.4, -0.2) is 14.2 Å². The number of benzene rings is 1. The Kier molecular flexibility index (Phi) is 6.32. The number of ether oxygens (including phenoxy) is 2. The fourth-order valence-corrected chi connectivity index (χ4v) is 1.58. The number of allylic oxidation sites excluding steroid dienone is 4. The molecule has 1 aromatic rings. The van der Waals surface area contributed by atoms with Crippen molar-refractivity contribution in [1.82, 2.24) is 0 Å². The highest BCUT2D eigenvalue weighted by Gasteiger charge is 2.06. The zero-order chi connectivity index (χ0) is 14.1. The van der Waals surface area contributed by atoms with Crippen molar-refractivity contribution in [2.45, 2.75) is 20.3 Å². The highest BCUT2D eigenvalue weighted by molar-refractivity contribution is 5.56. The van der Waals surface area contributed by atoms with Crippen LogP contribution >= 0.6 is 0 Å². The van der Waals surface area contributed by atoms with Gasteiger partial charge in [0.1, 0.15) is 0 Å². The van der Waals surface area contributed by atoms with Crippen LogP contribution in [0.2, 0.25) is 0 Å². The van der Waals surface area contributed by atoms with Crippen molar-refractivity contribution >= 4 is 0 Å². The van der Waals surface area contributed by atoms with E-state index in [0.29, 0.717) is 11.5 Å². The minimum absolute atomic E-state index is 0.674. The Balaban J connectivity index is 3.09. The summed E-state index contributed by atoms with van der Waals surface area (Å²) in [5.41, 5.74) is 1.82. The Morgan fingerprint density at radius 2 is 2.05 bits per heavy atom. The highest BCUT2D eigenvalue weighted by atomic mass is 16.5. The molecule has 0 aliphatic carbocycles. The van der Waals surface area contributed by atoms with Gasteiger partial charge in [-0.15, -0.1) is 0 Å². The normalized spacial score (nSPS) is 11.1. The Hall–Kier alpha value is -2.14. The molecule has 0 unspecified atom stereocenters. The lowest BCUT2D eigenvalue weighted by molar-refractivity contribution is 0.354. The molecular formula is C17H20O2. The average Bonchev–Trinajstić information content (AvgIpc) is 2.46. The predicted octanol–water partition coefficient (Wildman–Crippen LogP) is 3.97. The van der Waals surface area contributed by atoms with E-state index >= 15 is 0 Å². The third-order valence-electron chi connectivity index (χ3n) is 2.59. The molecule has 0 heterocycles. The smallest absolute Gasteiger partial charge is 0.176 e. The van der Waals surface area contributed by atoms with Gasteiger partial charge in [-0.25, -0.2) is 0 Å². The Labute approximate surface area is 115 Å². The molecule has 2 heteroatoms. The molecule has 0 spiro atoms. The molecule has 0 saturated carbocycles. The molecule has 0 atom stereocenters. The summed E-state index contributed by atoms with van der Waals surface area (Å²) in [5.74, 6) is 7.63. The number of methoxy groups -OCH3 is 2. The van der Waals surface area contributed by atoms with Crippen molar-refractivity contribution in [2.75, 3.05) is 14.2 Å². The second kappa shape index (κ2) is 8.05. The first kappa shape index (κ1) is 14.9. The SMILES string of the molecule is C/C=C(C#Cc1cccc(OC)c1OC)\C=C/CC. The summed E-state index contributed by atoms with van der Waals surface area (Å²) in [6.45, 7) is 4.08. The molecule has 0 N–H and O–H groups in total. The summed E-state index contributed by atoms with van der Waals surface area (Å²) in [5, 5.41) is 0. The van der Waals surface area contributed by atoms with E-state index in [2.05, 4.69) is 24.8 Å². The fraction of sp³-hybridized carbons (Fsp3) is 0.294. The molecule has 0 aliphatic rings. The largest absolute Gasteiger partial charge is 0.493 e. The molecular weight excluding hydrogens is 236 g/mol. The number of hydrogen-bond acceptors (Lipinski definition) is 2. The van der Waals surface area contributed by atoms with Gasteiger partial charge in [0.2, 0.25) is 0 Å². The molecule has 0 aromatic heterocycles. The predicted molar refractivity (Wildman–Crippen MR) is 79.6 cm³/mol. The van der Waals surface area contributed by atoms with Gasteiger partial charge in [0.05, 0.1) is 19.8 Å². The Morgan fingerprint density at radius 3 is 2.63 bits per heavy atom. The topological polar surface area (TPSA) is 18.5 Å². The molecule has 0 bridgehead atoms. The van der Waals surface area contributed by atoms with Gasteiger partial charge >= 0.3 is 0 Å². The van der Waals surface area contributed by atoms with Crippen molar-refractivity contribution in [3.8, 4) is 23.3 Å². The van der Waals surface area contributed by atoms with Gasteiger partial charge in [0.25, 0.3) is 0 Å². The second-order valence-corrected chi connectivity index (χ2v) is 3.85. The Bertz CT molecular complexity index is 528. The van der Waals surface area contributed by atoms with Crippen molar-refractivity contribution in [1.29, 1.82) is 0 Å². The van der Waals surface area contributed by atoms with Gasteiger partial charge in [-0.3, -0.25) is 0 Å². The van der Waals surface area contributed by atoms with E-state index in [9.17, 15) is 0 Å². The van der Waals surface area contributed by atoms with Gasteiger partial charge in [-0.1, -0.05) is 43.1 Å². The lowest BCUT2D eigenvalue weighted by atomic mass is 10.1. The zero-order valence-corrected chi connectivity index (χ0v) is 12.0. The first-order chi connectivity index (χ1) is 9.26. The van der Waals surface area contributed by atoms with Gasteiger partial charge in [0, 0.05) is 5.57 Å². The van der Waals surface area contributed by atoms with Gasteiger partial charge in [0.15, 0.2) is 11.5 Å². The van der Waals surface area contributed by atoms with Gasteiger partial charge < -0.3 is 9.47 Å².